The maximum atomic E-state index is 5.95. The molecular formula is C15H22N4O. The highest BCUT2D eigenvalue weighted by Crippen LogP contribution is 2.25. The van der Waals surface area contributed by atoms with Crippen molar-refractivity contribution in [3.63, 3.8) is 0 Å². The van der Waals surface area contributed by atoms with Gasteiger partial charge in [-0.05, 0) is 19.9 Å². The van der Waals surface area contributed by atoms with Crippen LogP contribution in [0.3, 0.4) is 0 Å². The Balaban J connectivity index is 2.15. The maximum Gasteiger partial charge on any atom is 0.165 e. The first-order valence-corrected chi connectivity index (χ1v) is 7.09. The van der Waals surface area contributed by atoms with Crippen LogP contribution in [0.2, 0.25) is 0 Å². The summed E-state index contributed by atoms with van der Waals surface area (Å²) >= 11 is 0. The molecule has 0 amide bonds. The van der Waals surface area contributed by atoms with E-state index in [1.165, 1.54) is 0 Å². The van der Waals surface area contributed by atoms with Gasteiger partial charge >= 0.3 is 0 Å². The van der Waals surface area contributed by atoms with Crippen molar-refractivity contribution in [1.82, 2.24) is 20.1 Å². The molecule has 0 aliphatic carbocycles. The molecule has 0 atom stereocenters. The lowest BCUT2D eigenvalue weighted by atomic mass is 10.2. The zero-order chi connectivity index (χ0) is 14.4. The van der Waals surface area contributed by atoms with Gasteiger partial charge in [-0.2, -0.15) is 5.10 Å². The normalized spacial score (nSPS) is 10.8. The molecule has 20 heavy (non-hydrogen) atoms. The summed E-state index contributed by atoms with van der Waals surface area (Å²) in [6.45, 7) is 8.75. The number of aryl methyl sites for hydroxylation is 2. The van der Waals surface area contributed by atoms with Crippen LogP contribution in [-0.4, -0.2) is 21.3 Å². The van der Waals surface area contributed by atoms with Crippen LogP contribution in [0.25, 0.3) is 0 Å². The molecule has 0 aliphatic heterocycles. The van der Waals surface area contributed by atoms with E-state index in [0.29, 0.717) is 0 Å². The summed E-state index contributed by atoms with van der Waals surface area (Å²) in [6, 6.07) is 1.96. The zero-order valence-corrected chi connectivity index (χ0v) is 12.4. The number of pyridine rings is 1. The number of ether oxygens (including phenoxy) is 1. The molecule has 0 spiro atoms. The van der Waals surface area contributed by atoms with Crippen molar-refractivity contribution in [2.45, 2.75) is 40.3 Å². The minimum Gasteiger partial charge on any atom is -0.454 e. The third kappa shape index (κ3) is 3.81. The molecule has 2 heterocycles. The Hall–Kier alpha value is -1.88. The van der Waals surface area contributed by atoms with Crippen LogP contribution < -0.4 is 10.1 Å². The summed E-state index contributed by atoms with van der Waals surface area (Å²) in [5.74, 6) is 1.61. The third-order valence-corrected chi connectivity index (χ3v) is 2.94. The van der Waals surface area contributed by atoms with Crippen molar-refractivity contribution >= 4 is 0 Å². The van der Waals surface area contributed by atoms with Crippen molar-refractivity contribution in [2.24, 2.45) is 0 Å². The van der Waals surface area contributed by atoms with E-state index >= 15 is 0 Å². The number of nitrogens with one attached hydrogen (secondary N) is 1. The van der Waals surface area contributed by atoms with Crippen LogP contribution in [0, 0.1) is 6.92 Å². The molecule has 0 unspecified atom stereocenters. The molecule has 5 heteroatoms. The summed E-state index contributed by atoms with van der Waals surface area (Å²) in [4.78, 5) is 4.33. The quantitative estimate of drug-likeness (QED) is 0.843. The second kappa shape index (κ2) is 7.05. The van der Waals surface area contributed by atoms with E-state index in [2.05, 4.69) is 29.2 Å². The van der Waals surface area contributed by atoms with Gasteiger partial charge in [0.15, 0.2) is 5.75 Å². The molecule has 2 aromatic heterocycles. The van der Waals surface area contributed by atoms with Crippen LogP contribution in [-0.2, 0) is 13.1 Å². The molecule has 0 aliphatic rings. The van der Waals surface area contributed by atoms with Crippen molar-refractivity contribution in [3.05, 3.63) is 35.9 Å². The SMILES string of the molecule is CCCn1cc(Oc2cc(C)ncc2CNCC)cn1. The topological polar surface area (TPSA) is 52.0 Å². The Morgan fingerprint density at radius 2 is 2.15 bits per heavy atom. The number of rotatable bonds is 7. The Morgan fingerprint density at radius 3 is 2.90 bits per heavy atom. The second-order valence-electron chi connectivity index (χ2n) is 4.75. The lowest BCUT2D eigenvalue weighted by Gasteiger charge is -2.10. The third-order valence-electron chi connectivity index (χ3n) is 2.94. The maximum absolute atomic E-state index is 5.95. The molecule has 0 aromatic carbocycles. The Kier molecular flexibility index (Phi) is 5.12. The standard InChI is InChI=1S/C15H22N4O/c1-4-6-19-11-14(10-18-19)20-15-7-12(3)17-9-13(15)8-16-5-2/h7,9-11,16H,4-6,8H2,1-3H3. The lowest BCUT2D eigenvalue weighted by Crippen LogP contribution is -2.12. The average molecular weight is 274 g/mol. The Bertz CT molecular complexity index is 551. The minimum absolute atomic E-state index is 0.752. The molecule has 2 aromatic rings. The molecule has 108 valence electrons. The van der Waals surface area contributed by atoms with Gasteiger partial charge in [-0.25, -0.2) is 0 Å². The molecule has 2 rings (SSSR count). The molecule has 1 N–H and O–H groups in total. The first kappa shape index (κ1) is 14.5. The number of nitrogens with zero attached hydrogens (tertiary/aromatic N) is 3. The monoisotopic (exact) mass is 274 g/mol. The predicted molar refractivity (Wildman–Crippen MR) is 78.9 cm³/mol. The fourth-order valence-electron chi connectivity index (χ4n) is 1.93. The highest BCUT2D eigenvalue weighted by Gasteiger charge is 2.08. The van der Waals surface area contributed by atoms with Crippen LogP contribution in [0.5, 0.6) is 11.5 Å². The first-order chi connectivity index (χ1) is 9.72. The molecule has 5 nitrogen and oxygen atoms in total. The van der Waals surface area contributed by atoms with Gasteiger partial charge in [0, 0.05) is 36.6 Å². The van der Waals surface area contributed by atoms with E-state index < -0.39 is 0 Å². The van der Waals surface area contributed by atoms with Gasteiger partial charge in [-0.1, -0.05) is 13.8 Å². The van der Waals surface area contributed by atoms with Crippen molar-refractivity contribution in [2.75, 3.05) is 6.54 Å². The first-order valence-electron chi connectivity index (χ1n) is 7.09. The predicted octanol–water partition coefficient (Wildman–Crippen LogP) is 2.90. The van der Waals surface area contributed by atoms with Gasteiger partial charge in [-0.3, -0.25) is 9.67 Å². The van der Waals surface area contributed by atoms with E-state index in [9.17, 15) is 0 Å². The zero-order valence-electron chi connectivity index (χ0n) is 12.4. The van der Waals surface area contributed by atoms with Crippen molar-refractivity contribution in [3.8, 4) is 11.5 Å². The number of hydrogen-bond acceptors (Lipinski definition) is 4. The molecule has 0 saturated carbocycles. The minimum atomic E-state index is 0.752. The van der Waals surface area contributed by atoms with Crippen LogP contribution in [0.1, 0.15) is 31.5 Å². The van der Waals surface area contributed by atoms with Crippen LogP contribution in [0.4, 0.5) is 0 Å². The van der Waals surface area contributed by atoms with E-state index in [0.717, 1.165) is 48.8 Å². The van der Waals surface area contributed by atoms with E-state index in [1.807, 2.05) is 30.1 Å². The van der Waals surface area contributed by atoms with Gasteiger partial charge in [0.2, 0.25) is 0 Å². The fraction of sp³-hybridized carbons (Fsp3) is 0.467. The van der Waals surface area contributed by atoms with E-state index in [4.69, 9.17) is 4.74 Å². The van der Waals surface area contributed by atoms with Crippen molar-refractivity contribution in [1.29, 1.82) is 0 Å². The largest absolute Gasteiger partial charge is 0.454 e. The average Bonchev–Trinajstić information content (AvgIpc) is 2.86. The van der Waals surface area contributed by atoms with Crippen LogP contribution in [0.15, 0.2) is 24.7 Å². The van der Waals surface area contributed by atoms with Crippen molar-refractivity contribution < 1.29 is 4.74 Å². The number of aromatic nitrogens is 3. The summed E-state index contributed by atoms with van der Waals surface area (Å²) in [6.07, 6.45) is 6.60. The van der Waals surface area contributed by atoms with E-state index in [-0.39, 0.29) is 0 Å². The van der Waals surface area contributed by atoms with Crippen LogP contribution >= 0.6 is 0 Å². The number of hydrogen-bond donors (Lipinski definition) is 1. The summed E-state index contributed by atoms with van der Waals surface area (Å²) in [7, 11) is 0. The summed E-state index contributed by atoms with van der Waals surface area (Å²) in [5, 5.41) is 7.57. The molecule has 0 bridgehead atoms. The fourth-order valence-corrected chi connectivity index (χ4v) is 1.93. The van der Waals surface area contributed by atoms with Gasteiger partial charge in [0.1, 0.15) is 5.75 Å². The second-order valence-corrected chi connectivity index (χ2v) is 4.75. The lowest BCUT2D eigenvalue weighted by molar-refractivity contribution is 0.470. The Morgan fingerprint density at radius 1 is 1.30 bits per heavy atom. The van der Waals surface area contributed by atoms with E-state index in [1.54, 1.807) is 6.20 Å². The smallest absolute Gasteiger partial charge is 0.165 e. The van der Waals surface area contributed by atoms with Gasteiger partial charge in [-0.15, -0.1) is 0 Å². The summed E-state index contributed by atoms with van der Waals surface area (Å²) in [5.41, 5.74) is 2.00. The molecule has 0 fully saturated rings. The molecule has 0 radical (unpaired) electrons. The van der Waals surface area contributed by atoms with Gasteiger partial charge < -0.3 is 10.1 Å². The Labute approximate surface area is 120 Å². The summed E-state index contributed by atoms with van der Waals surface area (Å²) < 4.78 is 7.85. The molecule has 0 saturated heterocycles. The highest BCUT2D eigenvalue weighted by molar-refractivity contribution is 5.36. The van der Waals surface area contributed by atoms with Gasteiger partial charge in [0.25, 0.3) is 0 Å². The molecular weight excluding hydrogens is 252 g/mol. The van der Waals surface area contributed by atoms with Gasteiger partial charge in [0.05, 0.1) is 12.4 Å². The highest BCUT2D eigenvalue weighted by atomic mass is 16.5.